The second-order valence-electron chi connectivity index (χ2n) is 11.5. The SMILES string of the molecule is Oc1ccc(-c2nc(CCCCCCc3nc(-c4ccc(O)cc4O)nc(-c4ccc(O)cc4O)n3)nc(-c3ccc(O)cc3O)n2)c(O)c1. The molecule has 2 heterocycles. The van der Waals surface area contributed by atoms with Crippen molar-refractivity contribution in [1.82, 2.24) is 29.9 Å². The number of hydrogen-bond donors (Lipinski definition) is 8. The largest absolute Gasteiger partial charge is 0.508 e. The number of rotatable bonds is 11. The maximum absolute atomic E-state index is 10.5. The van der Waals surface area contributed by atoms with E-state index in [0.717, 1.165) is 12.8 Å². The molecule has 0 spiro atoms. The number of hydrogen-bond acceptors (Lipinski definition) is 14. The van der Waals surface area contributed by atoms with E-state index in [1.807, 2.05) is 0 Å². The number of benzene rings is 4. The van der Waals surface area contributed by atoms with Gasteiger partial charge in [-0.15, -0.1) is 0 Å². The Bertz CT molecular complexity index is 1900. The number of unbranched alkanes of at least 4 members (excludes halogenated alkanes) is 3. The van der Waals surface area contributed by atoms with Crippen LogP contribution in [0.15, 0.2) is 72.8 Å². The molecule has 0 saturated heterocycles. The van der Waals surface area contributed by atoms with E-state index in [1.165, 1.54) is 72.8 Å². The van der Waals surface area contributed by atoms with Gasteiger partial charge >= 0.3 is 0 Å². The molecular weight excluding hydrogens is 644 g/mol. The third-order valence-corrected chi connectivity index (χ3v) is 7.80. The van der Waals surface area contributed by atoms with Gasteiger partial charge in [-0.3, -0.25) is 0 Å². The van der Waals surface area contributed by atoms with E-state index in [0.29, 0.717) is 37.3 Å². The minimum Gasteiger partial charge on any atom is -0.508 e. The van der Waals surface area contributed by atoms with Gasteiger partial charge in [0.1, 0.15) is 57.6 Å². The van der Waals surface area contributed by atoms with Gasteiger partial charge in [-0.2, -0.15) is 0 Å². The first-order valence-electron chi connectivity index (χ1n) is 15.6. The van der Waals surface area contributed by atoms with Crippen LogP contribution in [0.25, 0.3) is 45.6 Å². The highest BCUT2D eigenvalue weighted by atomic mass is 16.3. The first kappa shape index (κ1) is 33.2. The lowest BCUT2D eigenvalue weighted by Crippen LogP contribution is -2.04. The maximum Gasteiger partial charge on any atom is 0.167 e. The highest BCUT2D eigenvalue weighted by Gasteiger charge is 2.18. The van der Waals surface area contributed by atoms with E-state index in [9.17, 15) is 40.9 Å². The molecule has 0 fully saturated rings. The summed E-state index contributed by atoms with van der Waals surface area (Å²) in [6.07, 6.45) is 3.80. The highest BCUT2D eigenvalue weighted by molar-refractivity contribution is 5.71. The molecule has 6 aromatic rings. The fraction of sp³-hybridized carbons (Fsp3) is 0.167. The molecule has 0 saturated carbocycles. The number of aromatic hydroxyl groups is 8. The Morgan fingerprint density at radius 3 is 0.820 bits per heavy atom. The molecule has 254 valence electrons. The molecular formula is C36H32N6O8. The van der Waals surface area contributed by atoms with Crippen LogP contribution >= 0.6 is 0 Å². The summed E-state index contributed by atoms with van der Waals surface area (Å²) in [5.41, 5.74) is 1.07. The quantitative estimate of drug-likeness (QED) is 0.0767. The van der Waals surface area contributed by atoms with Gasteiger partial charge in [-0.1, -0.05) is 12.8 Å². The second-order valence-corrected chi connectivity index (χ2v) is 11.5. The predicted octanol–water partition coefficient (Wildman–Crippen LogP) is 5.72. The van der Waals surface area contributed by atoms with Gasteiger partial charge in [-0.25, -0.2) is 29.9 Å². The van der Waals surface area contributed by atoms with E-state index in [-0.39, 0.29) is 91.5 Å². The molecule has 0 aliphatic rings. The zero-order valence-corrected chi connectivity index (χ0v) is 26.4. The van der Waals surface area contributed by atoms with Crippen LogP contribution in [0.1, 0.15) is 37.3 Å². The van der Waals surface area contributed by atoms with Crippen molar-refractivity contribution in [3.05, 3.63) is 84.4 Å². The molecule has 0 aliphatic carbocycles. The highest BCUT2D eigenvalue weighted by Crippen LogP contribution is 2.36. The molecule has 0 radical (unpaired) electrons. The number of nitrogens with zero attached hydrogens (tertiary/aromatic N) is 6. The molecule has 8 N–H and O–H groups in total. The van der Waals surface area contributed by atoms with Crippen LogP contribution in [-0.2, 0) is 12.8 Å². The zero-order valence-electron chi connectivity index (χ0n) is 26.4. The lowest BCUT2D eigenvalue weighted by molar-refractivity contribution is 0.450. The fourth-order valence-electron chi connectivity index (χ4n) is 5.30. The molecule has 4 aromatic carbocycles. The zero-order chi connectivity index (χ0) is 35.4. The van der Waals surface area contributed by atoms with Crippen LogP contribution in [0, 0.1) is 0 Å². The molecule has 14 nitrogen and oxygen atoms in total. The summed E-state index contributed by atoms with van der Waals surface area (Å²) in [7, 11) is 0. The number of aromatic nitrogens is 6. The van der Waals surface area contributed by atoms with Crippen molar-refractivity contribution in [3.8, 4) is 91.5 Å². The Kier molecular flexibility index (Phi) is 9.43. The van der Waals surface area contributed by atoms with Gasteiger partial charge in [0, 0.05) is 37.1 Å². The lowest BCUT2D eigenvalue weighted by Gasteiger charge is -2.11. The summed E-state index contributed by atoms with van der Waals surface area (Å²) >= 11 is 0. The van der Waals surface area contributed by atoms with Gasteiger partial charge in [0.05, 0.1) is 22.3 Å². The monoisotopic (exact) mass is 676 g/mol. The molecule has 0 amide bonds. The molecule has 2 aromatic heterocycles. The van der Waals surface area contributed by atoms with Gasteiger partial charge < -0.3 is 40.9 Å². The van der Waals surface area contributed by atoms with E-state index in [1.54, 1.807) is 0 Å². The van der Waals surface area contributed by atoms with Crippen LogP contribution in [-0.4, -0.2) is 70.8 Å². The Balaban J connectivity index is 1.17. The minimum absolute atomic E-state index is 0.126. The second kappa shape index (κ2) is 14.2. The lowest BCUT2D eigenvalue weighted by atomic mass is 10.1. The van der Waals surface area contributed by atoms with Gasteiger partial charge in [0.15, 0.2) is 23.3 Å². The molecule has 6 rings (SSSR count). The Morgan fingerprint density at radius 1 is 0.320 bits per heavy atom. The van der Waals surface area contributed by atoms with Crippen molar-refractivity contribution >= 4 is 0 Å². The van der Waals surface area contributed by atoms with Crippen molar-refractivity contribution in [1.29, 1.82) is 0 Å². The van der Waals surface area contributed by atoms with E-state index < -0.39 is 0 Å². The molecule has 0 aliphatic heterocycles. The maximum atomic E-state index is 10.5. The molecule has 14 heteroatoms. The van der Waals surface area contributed by atoms with Crippen molar-refractivity contribution < 1.29 is 40.9 Å². The molecule has 0 atom stereocenters. The smallest absolute Gasteiger partial charge is 0.167 e. The van der Waals surface area contributed by atoms with Crippen molar-refractivity contribution in [2.75, 3.05) is 0 Å². The van der Waals surface area contributed by atoms with E-state index in [4.69, 9.17) is 0 Å². The fourth-order valence-corrected chi connectivity index (χ4v) is 5.30. The summed E-state index contributed by atoms with van der Waals surface area (Å²) in [4.78, 5) is 27.0. The minimum atomic E-state index is -0.228. The van der Waals surface area contributed by atoms with Crippen LogP contribution in [0.4, 0.5) is 0 Å². The van der Waals surface area contributed by atoms with Crippen molar-refractivity contribution in [2.45, 2.75) is 38.5 Å². The molecule has 0 bridgehead atoms. The third-order valence-electron chi connectivity index (χ3n) is 7.80. The van der Waals surface area contributed by atoms with E-state index >= 15 is 0 Å². The number of phenolic OH excluding ortho intramolecular Hbond substituents is 8. The summed E-state index contributed by atoms with van der Waals surface area (Å²) in [5.74, 6) is 0.0103. The molecule has 50 heavy (non-hydrogen) atoms. The Hall–Kier alpha value is -6.70. The standard InChI is InChI=1S/C36H32N6O8/c43-19-7-11-23(27(47)15-19)33-37-31(38-34(41-33)24-12-8-20(44)16-28(24)48)5-3-1-2-4-6-32-39-35(25-13-9-21(45)17-29(25)49)42-36(40-32)26-14-10-22(46)18-30(26)50/h7-18,43-50H,1-6H2. The normalized spacial score (nSPS) is 11.1. The summed E-state index contributed by atoms with van der Waals surface area (Å²) in [6, 6.07) is 16.2. The Morgan fingerprint density at radius 2 is 0.580 bits per heavy atom. The van der Waals surface area contributed by atoms with Gasteiger partial charge in [0.25, 0.3) is 0 Å². The first-order chi connectivity index (χ1) is 24.0. The molecule has 0 unspecified atom stereocenters. The van der Waals surface area contributed by atoms with E-state index in [2.05, 4.69) is 29.9 Å². The number of aryl methyl sites for hydroxylation is 2. The van der Waals surface area contributed by atoms with Crippen LogP contribution in [0.3, 0.4) is 0 Å². The summed E-state index contributed by atoms with van der Waals surface area (Å²) in [6.45, 7) is 0. The number of phenols is 8. The van der Waals surface area contributed by atoms with Crippen LogP contribution in [0.5, 0.6) is 46.0 Å². The van der Waals surface area contributed by atoms with Crippen molar-refractivity contribution in [2.24, 2.45) is 0 Å². The first-order valence-corrected chi connectivity index (χ1v) is 15.6. The van der Waals surface area contributed by atoms with Gasteiger partial charge in [0.2, 0.25) is 0 Å². The topological polar surface area (TPSA) is 239 Å². The average molecular weight is 677 g/mol. The predicted molar refractivity (Wildman–Crippen MR) is 181 cm³/mol. The van der Waals surface area contributed by atoms with Gasteiger partial charge in [-0.05, 0) is 61.4 Å². The van der Waals surface area contributed by atoms with Crippen LogP contribution in [0.2, 0.25) is 0 Å². The summed E-state index contributed by atoms with van der Waals surface area (Å²) < 4.78 is 0. The summed E-state index contributed by atoms with van der Waals surface area (Å²) in [5, 5.41) is 80.9. The Labute approximate surface area is 285 Å². The van der Waals surface area contributed by atoms with Crippen LogP contribution < -0.4 is 0 Å². The van der Waals surface area contributed by atoms with Crippen molar-refractivity contribution in [3.63, 3.8) is 0 Å². The third kappa shape index (κ3) is 7.54. The average Bonchev–Trinajstić information content (AvgIpc) is 3.06.